The van der Waals surface area contributed by atoms with Gasteiger partial charge in [-0.3, -0.25) is 0 Å². The Morgan fingerprint density at radius 3 is 2.10 bits per heavy atom. The fourth-order valence-corrected chi connectivity index (χ4v) is 2.46. The van der Waals surface area contributed by atoms with Crippen LogP contribution in [-0.4, -0.2) is 5.11 Å². The third-order valence-corrected chi connectivity index (χ3v) is 3.60. The lowest BCUT2D eigenvalue weighted by Gasteiger charge is -2.09. The normalized spacial score (nSPS) is 10.4. The highest BCUT2D eigenvalue weighted by Gasteiger charge is 2.09. The zero-order valence-electron chi connectivity index (χ0n) is 10.8. The lowest BCUT2D eigenvalue weighted by molar-refractivity contribution is 0.477. The number of aromatic hydroxyl groups is 1. The monoisotopic (exact) mass is 280 g/mol. The predicted molar refractivity (Wildman–Crippen MR) is 84.0 cm³/mol. The van der Waals surface area contributed by atoms with Gasteiger partial charge in [-0.1, -0.05) is 66.2 Å². The summed E-state index contributed by atoms with van der Waals surface area (Å²) in [5, 5.41) is 10.6. The first-order valence-electron chi connectivity index (χ1n) is 6.39. The van der Waals surface area contributed by atoms with Crippen molar-refractivity contribution in [2.24, 2.45) is 0 Å². The molecule has 0 heterocycles. The molecule has 0 aliphatic carbocycles. The molecule has 3 aromatic carbocycles. The Morgan fingerprint density at radius 1 is 0.650 bits per heavy atom. The minimum Gasteiger partial charge on any atom is -0.507 e. The lowest BCUT2D eigenvalue weighted by atomic mass is 9.98. The molecule has 3 rings (SSSR count). The van der Waals surface area contributed by atoms with Crippen LogP contribution < -0.4 is 0 Å². The van der Waals surface area contributed by atoms with Gasteiger partial charge in [-0.15, -0.1) is 0 Å². The lowest BCUT2D eigenvalue weighted by Crippen LogP contribution is -1.84. The smallest absolute Gasteiger partial charge is 0.123 e. The van der Waals surface area contributed by atoms with E-state index in [9.17, 15) is 5.11 Å². The summed E-state index contributed by atoms with van der Waals surface area (Å²) < 4.78 is 0. The number of benzene rings is 3. The summed E-state index contributed by atoms with van der Waals surface area (Å²) in [5.74, 6) is 0.236. The summed E-state index contributed by atoms with van der Waals surface area (Å²) in [6.07, 6.45) is 0. The van der Waals surface area contributed by atoms with Crippen LogP contribution in [0.2, 0.25) is 5.02 Å². The highest BCUT2D eigenvalue weighted by Crippen LogP contribution is 2.36. The van der Waals surface area contributed by atoms with Crippen molar-refractivity contribution < 1.29 is 5.11 Å². The van der Waals surface area contributed by atoms with E-state index >= 15 is 0 Å². The zero-order chi connectivity index (χ0) is 13.9. The van der Waals surface area contributed by atoms with E-state index in [4.69, 9.17) is 11.6 Å². The van der Waals surface area contributed by atoms with Crippen LogP contribution in [0, 0.1) is 0 Å². The summed E-state index contributed by atoms with van der Waals surface area (Å²) in [6, 6.07) is 23.2. The second kappa shape index (κ2) is 5.40. The van der Waals surface area contributed by atoms with E-state index < -0.39 is 0 Å². The van der Waals surface area contributed by atoms with Gasteiger partial charge in [-0.2, -0.15) is 0 Å². The van der Waals surface area contributed by atoms with Crippen LogP contribution in [0.5, 0.6) is 5.75 Å². The third-order valence-electron chi connectivity index (χ3n) is 3.27. The number of phenolic OH excluding ortho intramolecular Hbond substituents is 1. The van der Waals surface area contributed by atoms with Gasteiger partial charge in [0, 0.05) is 16.1 Å². The fourth-order valence-electron chi connectivity index (χ4n) is 2.24. The van der Waals surface area contributed by atoms with Gasteiger partial charge in [-0.25, -0.2) is 0 Å². The Bertz CT molecular complexity index is 735. The van der Waals surface area contributed by atoms with Crippen LogP contribution >= 0.6 is 11.6 Å². The molecule has 3 aromatic rings. The Morgan fingerprint density at radius 2 is 1.35 bits per heavy atom. The van der Waals surface area contributed by atoms with E-state index in [0.29, 0.717) is 5.02 Å². The average Bonchev–Trinajstić information content (AvgIpc) is 2.49. The molecule has 0 aliphatic heterocycles. The molecule has 0 saturated carbocycles. The molecule has 0 fully saturated rings. The van der Waals surface area contributed by atoms with Gasteiger partial charge in [0.2, 0.25) is 0 Å². The van der Waals surface area contributed by atoms with E-state index in [1.807, 2.05) is 48.5 Å². The SMILES string of the molecule is Oc1ccccc1-c1cc(-c2ccccc2)ccc1Cl. The van der Waals surface area contributed by atoms with Crippen LogP contribution in [0.15, 0.2) is 72.8 Å². The van der Waals surface area contributed by atoms with Crippen molar-refractivity contribution in [3.8, 4) is 28.0 Å². The molecule has 98 valence electrons. The molecule has 0 saturated heterocycles. The summed E-state index contributed by atoms with van der Waals surface area (Å²) in [4.78, 5) is 0. The molecule has 1 nitrogen and oxygen atoms in total. The molecule has 20 heavy (non-hydrogen) atoms. The molecular formula is C18H13ClO. The number of halogens is 1. The second-order valence-electron chi connectivity index (χ2n) is 4.58. The number of para-hydroxylation sites is 1. The zero-order valence-corrected chi connectivity index (χ0v) is 11.5. The first-order valence-corrected chi connectivity index (χ1v) is 6.77. The molecule has 2 heteroatoms. The number of phenols is 1. The molecule has 0 atom stereocenters. The van der Waals surface area contributed by atoms with E-state index in [2.05, 4.69) is 12.1 Å². The summed E-state index contributed by atoms with van der Waals surface area (Å²) in [6.45, 7) is 0. The first kappa shape index (κ1) is 12.8. The minimum atomic E-state index is 0.236. The van der Waals surface area contributed by atoms with Crippen molar-refractivity contribution in [1.29, 1.82) is 0 Å². The van der Waals surface area contributed by atoms with Crippen molar-refractivity contribution in [2.45, 2.75) is 0 Å². The molecule has 0 radical (unpaired) electrons. The van der Waals surface area contributed by atoms with Gasteiger partial charge in [0.05, 0.1) is 0 Å². The van der Waals surface area contributed by atoms with E-state index in [0.717, 1.165) is 22.3 Å². The van der Waals surface area contributed by atoms with Gasteiger partial charge in [0.25, 0.3) is 0 Å². The highest BCUT2D eigenvalue weighted by atomic mass is 35.5. The van der Waals surface area contributed by atoms with Gasteiger partial charge >= 0.3 is 0 Å². The maximum atomic E-state index is 9.99. The van der Waals surface area contributed by atoms with E-state index in [1.165, 1.54) is 0 Å². The number of rotatable bonds is 2. The van der Waals surface area contributed by atoms with Crippen LogP contribution in [0.25, 0.3) is 22.3 Å². The van der Waals surface area contributed by atoms with Crippen LogP contribution in [0.3, 0.4) is 0 Å². The van der Waals surface area contributed by atoms with Crippen LogP contribution in [-0.2, 0) is 0 Å². The summed E-state index contributed by atoms with van der Waals surface area (Å²) in [7, 11) is 0. The predicted octanol–water partition coefficient (Wildman–Crippen LogP) is 5.38. The van der Waals surface area contributed by atoms with Crippen molar-refractivity contribution in [2.75, 3.05) is 0 Å². The highest BCUT2D eigenvalue weighted by molar-refractivity contribution is 6.33. The van der Waals surface area contributed by atoms with E-state index in [1.54, 1.807) is 12.1 Å². The minimum absolute atomic E-state index is 0.236. The topological polar surface area (TPSA) is 20.2 Å². The number of hydrogen-bond donors (Lipinski definition) is 1. The average molecular weight is 281 g/mol. The van der Waals surface area contributed by atoms with Crippen LogP contribution in [0.4, 0.5) is 0 Å². The first-order chi connectivity index (χ1) is 9.75. The third kappa shape index (κ3) is 2.40. The van der Waals surface area contributed by atoms with Crippen molar-refractivity contribution in [3.63, 3.8) is 0 Å². The summed E-state index contributed by atoms with van der Waals surface area (Å²) >= 11 is 6.28. The van der Waals surface area contributed by atoms with Crippen molar-refractivity contribution in [1.82, 2.24) is 0 Å². The Kier molecular flexibility index (Phi) is 3.44. The molecular weight excluding hydrogens is 268 g/mol. The second-order valence-corrected chi connectivity index (χ2v) is 4.99. The largest absolute Gasteiger partial charge is 0.507 e. The van der Waals surface area contributed by atoms with Crippen molar-refractivity contribution >= 4 is 11.6 Å². The van der Waals surface area contributed by atoms with Gasteiger partial charge < -0.3 is 5.11 Å². The quantitative estimate of drug-likeness (QED) is 0.668. The number of hydrogen-bond acceptors (Lipinski definition) is 1. The van der Waals surface area contributed by atoms with E-state index in [-0.39, 0.29) is 5.75 Å². The molecule has 1 N–H and O–H groups in total. The molecule has 0 bridgehead atoms. The standard InChI is InChI=1S/C18H13ClO/c19-17-11-10-14(13-6-2-1-3-7-13)12-16(17)15-8-4-5-9-18(15)20/h1-12,20H. The fraction of sp³-hybridized carbons (Fsp3) is 0. The molecule has 0 unspecified atom stereocenters. The molecule has 0 aliphatic rings. The van der Waals surface area contributed by atoms with Crippen molar-refractivity contribution in [3.05, 3.63) is 77.8 Å². The molecule has 0 amide bonds. The summed E-state index contributed by atoms with van der Waals surface area (Å²) in [5.41, 5.74) is 3.79. The van der Waals surface area contributed by atoms with Gasteiger partial charge in [-0.05, 0) is 29.3 Å². The van der Waals surface area contributed by atoms with Gasteiger partial charge in [0.1, 0.15) is 5.75 Å². The Labute approximate surface area is 123 Å². The van der Waals surface area contributed by atoms with Crippen LogP contribution in [0.1, 0.15) is 0 Å². The molecule has 0 aromatic heterocycles. The van der Waals surface area contributed by atoms with Gasteiger partial charge in [0.15, 0.2) is 0 Å². The Hall–Kier alpha value is -2.25. The molecule has 0 spiro atoms. The maximum Gasteiger partial charge on any atom is 0.123 e. The Balaban J connectivity index is 2.15. The maximum absolute atomic E-state index is 9.99.